The molecule has 3 heterocycles. The molecule has 1 aromatic carbocycles. The number of carbonyl (C=O) groups excluding carboxylic acids is 1. The van der Waals surface area contributed by atoms with Crippen LogP contribution in [0.5, 0.6) is 11.5 Å². The van der Waals surface area contributed by atoms with Crippen LogP contribution in [0.4, 0.5) is 0 Å². The molecule has 1 aliphatic rings. The van der Waals surface area contributed by atoms with Crippen LogP contribution in [0.3, 0.4) is 0 Å². The quantitative estimate of drug-likeness (QED) is 0.648. The van der Waals surface area contributed by atoms with Crippen molar-refractivity contribution < 1.29 is 18.7 Å². The zero-order valence-corrected chi connectivity index (χ0v) is 15.2. The number of hydrogen-bond donors (Lipinski definition) is 1. The van der Waals surface area contributed by atoms with Crippen molar-refractivity contribution in [1.29, 1.82) is 0 Å². The lowest BCUT2D eigenvalue weighted by molar-refractivity contribution is -0.119. The van der Waals surface area contributed by atoms with E-state index in [4.69, 9.17) is 13.9 Å². The summed E-state index contributed by atoms with van der Waals surface area (Å²) in [4.78, 5) is 16.2. The maximum Gasteiger partial charge on any atom is 0.277 e. The van der Waals surface area contributed by atoms with E-state index in [0.717, 1.165) is 11.1 Å². The Morgan fingerprint density at radius 2 is 2.15 bits per heavy atom. The molecule has 2 aromatic heterocycles. The third kappa shape index (κ3) is 4.03. The maximum atomic E-state index is 12.2. The van der Waals surface area contributed by atoms with E-state index in [9.17, 15) is 4.79 Å². The first-order valence-corrected chi connectivity index (χ1v) is 9.23. The van der Waals surface area contributed by atoms with Crippen LogP contribution in [0.1, 0.15) is 18.5 Å². The van der Waals surface area contributed by atoms with Crippen molar-refractivity contribution in [2.24, 2.45) is 0 Å². The number of rotatable bonds is 6. The maximum absolute atomic E-state index is 12.2. The first-order valence-electron chi connectivity index (χ1n) is 8.24. The van der Waals surface area contributed by atoms with Crippen molar-refractivity contribution in [2.45, 2.75) is 18.2 Å². The number of ether oxygens (including phenoxy) is 2. The van der Waals surface area contributed by atoms with Gasteiger partial charge in [0.1, 0.15) is 0 Å². The van der Waals surface area contributed by atoms with Crippen LogP contribution >= 0.6 is 11.8 Å². The molecule has 0 spiro atoms. The van der Waals surface area contributed by atoms with E-state index in [1.54, 1.807) is 18.5 Å². The highest BCUT2D eigenvalue weighted by Crippen LogP contribution is 2.34. The number of fused-ring (bicyclic) bond motifs is 1. The number of nitrogens with one attached hydrogen (secondary N) is 1. The summed E-state index contributed by atoms with van der Waals surface area (Å²) in [5.74, 6) is 1.82. The van der Waals surface area contributed by atoms with E-state index < -0.39 is 0 Å². The van der Waals surface area contributed by atoms with Crippen molar-refractivity contribution in [1.82, 2.24) is 20.5 Å². The summed E-state index contributed by atoms with van der Waals surface area (Å²) in [6.07, 6.45) is 3.31. The largest absolute Gasteiger partial charge is 0.454 e. The van der Waals surface area contributed by atoms with E-state index >= 15 is 0 Å². The molecule has 0 saturated carbocycles. The van der Waals surface area contributed by atoms with Crippen molar-refractivity contribution in [2.75, 3.05) is 12.5 Å². The predicted octanol–water partition coefficient (Wildman–Crippen LogP) is 2.83. The smallest absolute Gasteiger partial charge is 0.277 e. The Balaban J connectivity index is 1.31. The minimum Gasteiger partial charge on any atom is -0.454 e. The van der Waals surface area contributed by atoms with Gasteiger partial charge in [0.15, 0.2) is 11.5 Å². The Labute approximate surface area is 159 Å². The number of nitrogens with zero attached hydrogens (tertiary/aromatic N) is 3. The third-order valence-corrected chi connectivity index (χ3v) is 4.73. The van der Waals surface area contributed by atoms with Gasteiger partial charge in [0.05, 0.1) is 17.4 Å². The van der Waals surface area contributed by atoms with Crippen LogP contribution in [0.15, 0.2) is 52.4 Å². The van der Waals surface area contributed by atoms with Crippen molar-refractivity contribution in [3.8, 4) is 23.0 Å². The molecular formula is C18H16N4O4S. The first kappa shape index (κ1) is 17.3. The summed E-state index contributed by atoms with van der Waals surface area (Å²) >= 11 is 1.18. The van der Waals surface area contributed by atoms with E-state index in [-0.39, 0.29) is 24.5 Å². The molecule has 0 bridgehead atoms. The average molecular weight is 384 g/mol. The van der Waals surface area contributed by atoms with Crippen molar-refractivity contribution in [3.63, 3.8) is 0 Å². The van der Waals surface area contributed by atoms with Crippen LogP contribution in [-0.2, 0) is 4.79 Å². The van der Waals surface area contributed by atoms with Crippen LogP contribution < -0.4 is 14.8 Å². The molecule has 8 nitrogen and oxygen atoms in total. The van der Waals surface area contributed by atoms with Gasteiger partial charge in [0, 0.05) is 12.4 Å². The second kappa shape index (κ2) is 7.67. The standard InChI is InChI=1S/C18H16N4O4S/c1-11(12-4-5-14-15(7-12)25-10-24-14)20-16(23)9-27-18-22-21-17(26-18)13-3-2-6-19-8-13/h2-8,11H,9-10H2,1H3,(H,20,23)/t11-/m0/s1. The molecule has 0 fully saturated rings. The SMILES string of the molecule is C[C@H](NC(=O)CSc1nnc(-c2cccnc2)o1)c1ccc2c(c1)OCO2. The molecule has 1 amide bonds. The zero-order chi connectivity index (χ0) is 18.6. The Kier molecular flexibility index (Phi) is 4.93. The van der Waals surface area contributed by atoms with Crippen LogP contribution in [0.25, 0.3) is 11.5 Å². The summed E-state index contributed by atoms with van der Waals surface area (Å²) in [5.41, 5.74) is 1.67. The molecule has 1 atom stereocenters. The van der Waals surface area contributed by atoms with Crippen molar-refractivity contribution in [3.05, 3.63) is 48.3 Å². The van der Waals surface area contributed by atoms with E-state index in [1.165, 1.54) is 11.8 Å². The number of thioether (sulfide) groups is 1. The normalized spacial score (nSPS) is 13.4. The van der Waals surface area contributed by atoms with Gasteiger partial charge in [0.2, 0.25) is 18.6 Å². The average Bonchev–Trinajstić information content (AvgIpc) is 3.36. The Morgan fingerprint density at radius 3 is 3.00 bits per heavy atom. The zero-order valence-electron chi connectivity index (χ0n) is 14.4. The van der Waals surface area contributed by atoms with Gasteiger partial charge in [-0.05, 0) is 36.8 Å². The summed E-state index contributed by atoms with van der Waals surface area (Å²) in [6.45, 7) is 2.13. The summed E-state index contributed by atoms with van der Waals surface area (Å²) in [7, 11) is 0. The lowest BCUT2D eigenvalue weighted by Gasteiger charge is -2.14. The highest BCUT2D eigenvalue weighted by atomic mass is 32.2. The van der Waals surface area contributed by atoms with Gasteiger partial charge in [-0.2, -0.15) is 0 Å². The van der Waals surface area contributed by atoms with Gasteiger partial charge in [-0.25, -0.2) is 0 Å². The molecular weight excluding hydrogens is 368 g/mol. The fourth-order valence-corrected chi connectivity index (χ4v) is 3.12. The molecule has 1 N–H and O–H groups in total. The molecule has 4 rings (SSSR count). The monoisotopic (exact) mass is 384 g/mol. The lowest BCUT2D eigenvalue weighted by Crippen LogP contribution is -2.28. The number of amides is 1. The molecule has 0 aliphatic carbocycles. The molecule has 9 heteroatoms. The fraction of sp³-hybridized carbons (Fsp3) is 0.222. The Morgan fingerprint density at radius 1 is 1.26 bits per heavy atom. The third-order valence-electron chi connectivity index (χ3n) is 3.92. The van der Waals surface area contributed by atoms with Gasteiger partial charge in [-0.15, -0.1) is 10.2 Å². The minimum absolute atomic E-state index is 0.133. The topological polar surface area (TPSA) is 99.4 Å². The highest BCUT2D eigenvalue weighted by molar-refractivity contribution is 7.99. The summed E-state index contributed by atoms with van der Waals surface area (Å²) in [6, 6.07) is 9.07. The number of pyridine rings is 1. The van der Waals surface area contributed by atoms with Crippen LogP contribution in [0.2, 0.25) is 0 Å². The molecule has 27 heavy (non-hydrogen) atoms. The second-order valence-electron chi connectivity index (χ2n) is 5.81. The highest BCUT2D eigenvalue weighted by Gasteiger charge is 2.17. The summed E-state index contributed by atoms with van der Waals surface area (Å²) in [5, 5.41) is 11.2. The summed E-state index contributed by atoms with van der Waals surface area (Å²) < 4.78 is 16.2. The number of aromatic nitrogens is 3. The van der Waals surface area contributed by atoms with Gasteiger partial charge in [-0.1, -0.05) is 17.8 Å². The predicted molar refractivity (Wildman–Crippen MR) is 97.4 cm³/mol. The van der Waals surface area contributed by atoms with E-state index in [2.05, 4.69) is 20.5 Å². The van der Waals surface area contributed by atoms with Gasteiger partial charge >= 0.3 is 0 Å². The van der Waals surface area contributed by atoms with E-state index in [1.807, 2.05) is 31.2 Å². The lowest BCUT2D eigenvalue weighted by atomic mass is 10.1. The van der Waals surface area contributed by atoms with Gasteiger partial charge in [-0.3, -0.25) is 9.78 Å². The van der Waals surface area contributed by atoms with Gasteiger partial charge < -0.3 is 19.2 Å². The first-order chi connectivity index (χ1) is 13.2. The Hall–Kier alpha value is -3.07. The molecule has 0 radical (unpaired) electrons. The second-order valence-corrected chi connectivity index (χ2v) is 6.73. The minimum atomic E-state index is -0.166. The van der Waals surface area contributed by atoms with Crippen LogP contribution in [0, 0.1) is 0 Å². The molecule has 0 unspecified atom stereocenters. The number of benzene rings is 1. The molecule has 0 saturated heterocycles. The van der Waals surface area contributed by atoms with E-state index in [0.29, 0.717) is 22.6 Å². The van der Waals surface area contributed by atoms with Crippen LogP contribution in [-0.4, -0.2) is 33.6 Å². The van der Waals surface area contributed by atoms with Gasteiger partial charge in [0.25, 0.3) is 5.22 Å². The molecule has 1 aliphatic heterocycles. The molecule has 3 aromatic rings. The van der Waals surface area contributed by atoms with Crippen molar-refractivity contribution >= 4 is 17.7 Å². The molecule has 138 valence electrons. The number of hydrogen-bond acceptors (Lipinski definition) is 8. The number of carbonyl (C=O) groups is 1. The fourth-order valence-electron chi connectivity index (χ4n) is 2.55. The Bertz CT molecular complexity index is 948.